The van der Waals surface area contributed by atoms with E-state index in [1.54, 1.807) is 16.7 Å². The number of halogens is 1. The van der Waals surface area contributed by atoms with E-state index in [4.69, 9.17) is 11.6 Å². The van der Waals surface area contributed by atoms with Crippen molar-refractivity contribution in [2.45, 2.75) is 32.7 Å². The van der Waals surface area contributed by atoms with Crippen molar-refractivity contribution in [2.24, 2.45) is 5.92 Å². The predicted octanol–water partition coefficient (Wildman–Crippen LogP) is 3.69. The van der Waals surface area contributed by atoms with Crippen molar-refractivity contribution in [3.05, 3.63) is 64.6 Å². The molecule has 2 aromatic heterocycles. The van der Waals surface area contributed by atoms with Crippen LogP contribution in [0.15, 0.2) is 42.6 Å². The quantitative estimate of drug-likeness (QED) is 0.630. The fraction of sp³-hybridized carbons (Fsp3) is 0.391. The van der Waals surface area contributed by atoms with Gasteiger partial charge < -0.3 is 15.3 Å². The maximum atomic E-state index is 12.9. The molecule has 0 spiro atoms. The Morgan fingerprint density at radius 2 is 1.93 bits per heavy atom. The fourth-order valence-electron chi connectivity index (χ4n) is 4.02. The molecule has 0 radical (unpaired) electrons. The normalized spacial score (nSPS) is 15.0. The van der Waals surface area contributed by atoms with Crippen molar-refractivity contribution in [1.82, 2.24) is 14.7 Å². The van der Waals surface area contributed by atoms with Crippen LogP contribution in [0.5, 0.6) is 0 Å². The van der Waals surface area contributed by atoms with Gasteiger partial charge in [-0.1, -0.05) is 30.7 Å². The maximum Gasteiger partial charge on any atom is 0.270 e. The highest BCUT2D eigenvalue weighted by Crippen LogP contribution is 2.23. The minimum atomic E-state index is -0.156. The summed E-state index contributed by atoms with van der Waals surface area (Å²) < 4.78 is 1.76. The molecule has 1 saturated heterocycles. The highest BCUT2D eigenvalue weighted by molar-refractivity contribution is 6.30. The summed E-state index contributed by atoms with van der Waals surface area (Å²) >= 11 is 6.12. The first-order chi connectivity index (χ1) is 14.6. The van der Waals surface area contributed by atoms with Crippen LogP contribution >= 0.6 is 11.6 Å². The number of carbonyl (C=O) groups is 1. The molecule has 0 atom stereocenters. The van der Waals surface area contributed by atoms with Gasteiger partial charge in [0.25, 0.3) is 5.91 Å². The third-order valence-electron chi connectivity index (χ3n) is 5.83. The zero-order valence-electron chi connectivity index (χ0n) is 17.1. The number of hydrogen-bond acceptors (Lipinski definition) is 4. The van der Waals surface area contributed by atoms with Crippen LogP contribution in [-0.2, 0) is 13.0 Å². The van der Waals surface area contributed by atoms with E-state index >= 15 is 0 Å². The van der Waals surface area contributed by atoms with E-state index in [9.17, 15) is 9.90 Å². The van der Waals surface area contributed by atoms with Gasteiger partial charge in [-0.2, -0.15) is 0 Å². The van der Waals surface area contributed by atoms with Crippen molar-refractivity contribution >= 4 is 28.8 Å². The number of amides is 1. The van der Waals surface area contributed by atoms with Gasteiger partial charge >= 0.3 is 0 Å². The molecule has 158 valence electrons. The minimum Gasteiger partial charge on any atom is -0.396 e. The van der Waals surface area contributed by atoms with E-state index < -0.39 is 0 Å². The summed E-state index contributed by atoms with van der Waals surface area (Å²) in [6.45, 7) is 4.66. The number of rotatable bonds is 6. The summed E-state index contributed by atoms with van der Waals surface area (Å²) in [5.41, 5.74) is 4.25. The number of piperidine rings is 1. The van der Waals surface area contributed by atoms with E-state index in [-0.39, 0.29) is 12.5 Å². The molecule has 1 amide bonds. The molecule has 0 aliphatic carbocycles. The monoisotopic (exact) mass is 426 g/mol. The third-order valence-corrected chi connectivity index (χ3v) is 6.06. The lowest BCUT2D eigenvalue weighted by molar-refractivity contribution is 0.0944. The highest BCUT2D eigenvalue weighted by atomic mass is 35.5. The molecule has 1 aliphatic rings. The van der Waals surface area contributed by atoms with Crippen molar-refractivity contribution in [3.63, 3.8) is 0 Å². The maximum absolute atomic E-state index is 12.9. The zero-order chi connectivity index (χ0) is 21.1. The topological polar surface area (TPSA) is 69.9 Å². The van der Waals surface area contributed by atoms with Gasteiger partial charge in [0.15, 0.2) is 0 Å². The molecule has 3 heterocycles. The Morgan fingerprint density at radius 3 is 2.60 bits per heavy atom. The molecule has 7 heteroatoms. The van der Waals surface area contributed by atoms with Crippen LogP contribution in [-0.4, -0.2) is 40.1 Å². The first-order valence-corrected chi connectivity index (χ1v) is 10.9. The van der Waals surface area contributed by atoms with Gasteiger partial charge in [-0.25, -0.2) is 4.98 Å². The number of nitrogens with one attached hydrogen (secondary N) is 1. The SMILES string of the molecule is CCc1nc2ccc(Cl)cn2c1C(=O)NCc1ccc(N2CCC(CO)CC2)cc1. The molecule has 0 saturated carbocycles. The Hall–Kier alpha value is -2.57. The summed E-state index contributed by atoms with van der Waals surface area (Å²) in [6.07, 6.45) is 4.45. The van der Waals surface area contributed by atoms with Gasteiger partial charge in [-0.3, -0.25) is 9.20 Å². The Labute approximate surface area is 181 Å². The lowest BCUT2D eigenvalue weighted by Crippen LogP contribution is -2.34. The number of imidazole rings is 1. The van der Waals surface area contributed by atoms with Crippen LogP contribution in [0.3, 0.4) is 0 Å². The average Bonchev–Trinajstić information content (AvgIpc) is 3.15. The second-order valence-electron chi connectivity index (χ2n) is 7.80. The molecule has 1 fully saturated rings. The van der Waals surface area contributed by atoms with E-state index in [0.29, 0.717) is 29.6 Å². The summed E-state index contributed by atoms with van der Waals surface area (Å²) in [5, 5.41) is 12.9. The molecule has 2 N–H and O–H groups in total. The summed E-state index contributed by atoms with van der Waals surface area (Å²) in [4.78, 5) is 19.8. The number of anilines is 1. The number of fused-ring (bicyclic) bond motifs is 1. The van der Waals surface area contributed by atoms with Crippen LogP contribution in [0.1, 0.15) is 41.5 Å². The molecular formula is C23H27ClN4O2. The highest BCUT2D eigenvalue weighted by Gasteiger charge is 2.20. The number of aliphatic hydroxyl groups is 1. The Kier molecular flexibility index (Phi) is 6.25. The Morgan fingerprint density at radius 1 is 1.20 bits per heavy atom. The van der Waals surface area contributed by atoms with Crippen LogP contribution in [0.2, 0.25) is 5.02 Å². The summed E-state index contributed by atoms with van der Waals surface area (Å²) in [7, 11) is 0. The van der Waals surface area contributed by atoms with Crippen molar-refractivity contribution < 1.29 is 9.90 Å². The van der Waals surface area contributed by atoms with Crippen LogP contribution in [0.25, 0.3) is 5.65 Å². The molecule has 1 aromatic carbocycles. The number of aryl methyl sites for hydroxylation is 1. The molecular weight excluding hydrogens is 400 g/mol. The van der Waals surface area contributed by atoms with Crippen molar-refractivity contribution in [2.75, 3.05) is 24.6 Å². The number of pyridine rings is 1. The van der Waals surface area contributed by atoms with Gasteiger partial charge in [0.1, 0.15) is 11.3 Å². The van der Waals surface area contributed by atoms with E-state index in [0.717, 1.165) is 42.8 Å². The fourth-order valence-corrected chi connectivity index (χ4v) is 4.18. The van der Waals surface area contributed by atoms with Gasteiger partial charge in [-0.15, -0.1) is 0 Å². The predicted molar refractivity (Wildman–Crippen MR) is 119 cm³/mol. The minimum absolute atomic E-state index is 0.156. The number of aliphatic hydroxyl groups excluding tert-OH is 1. The lowest BCUT2D eigenvalue weighted by Gasteiger charge is -2.33. The molecule has 4 rings (SSSR count). The van der Waals surface area contributed by atoms with Crippen LogP contribution < -0.4 is 10.2 Å². The first-order valence-electron chi connectivity index (χ1n) is 10.5. The van der Waals surface area contributed by atoms with E-state index in [1.165, 1.54) is 5.69 Å². The first kappa shape index (κ1) is 20.7. The molecule has 3 aromatic rings. The van der Waals surface area contributed by atoms with Gasteiger partial charge in [0.05, 0.1) is 10.7 Å². The number of hydrogen-bond donors (Lipinski definition) is 2. The lowest BCUT2D eigenvalue weighted by atomic mass is 9.97. The van der Waals surface area contributed by atoms with Crippen molar-refractivity contribution in [1.29, 1.82) is 0 Å². The van der Waals surface area contributed by atoms with E-state index in [2.05, 4.69) is 39.5 Å². The van der Waals surface area contributed by atoms with Crippen LogP contribution in [0.4, 0.5) is 5.69 Å². The average molecular weight is 427 g/mol. The van der Waals surface area contributed by atoms with Gasteiger partial charge in [-0.05, 0) is 55.0 Å². The molecule has 30 heavy (non-hydrogen) atoms. The molecule has 1 aliphatic heterocycles. The van der Waals surface area contributed by atoms with Crippen LogP contribution in [0, 0.1) is 5.92 Å². The number of nitrogens with zero attached hydrogens (tertiary/aromatic N) is 3. The molecule has 0 bridgehead atoms. The number of carbonyl (C=O) groups excluding carboxylic acids is 1. The number of benzene rings is 1. The Bertz CT molecular complexity index is 1020. The standard InChI is InChI=1S/C23H27ClN4O2/c1-2-20-22(28-14-18(24)5-8-21(28)26-20)23(30)25-13-16-3-6-19(7-4-16)27-11-9-17(15-29)10-12-27/h3-8,14,17,29H,2,9-13,15H2,1H3,(H,25,30). The Balaban J connectivity index is 1.42. The second-order valence-corrected chi connectivity index (χ2v) is 8.23. The van der Waals surface area contributed by atoms with Crippen molar-refractivity contribution in [3.8, 4) is 0 Å². The zero-order valence-corrected chi connectivity index (χ0v) is 17.9. The summed E-state index contributed by atoms with van der Waals surface area (Å²) in [6, 6.07) is 11.9. The second kappa shape index (κ2) is 9.06. The van der Waals surface area contributed by atoms with E-state index in [1.807, 2.05) is 13.0 Å². The van der Waals surface area contributed by atoms with Gasteiger partial charge in [0, 0.05) is 38.1 Å². The largest absolute Gasteiger partial charge is 0.396 e. The summed E-state index contributed by atoms with van der Waals surface area (Å²) in [5.74, 6) is 0.273. The van der Waals surface area contributed by atoms with Gasteiger partial charge in [0.2, 0.25) is 0 Å². The number of aromatic nitrogens is 2. The third kappa shape index (κ3) is 4.30. The smallest absolute Gasteiger partial charge is 0.270 e. The molecule has 0 unspecified atom stereocenters. The molecule has 6 nitrogen and oxygen atoms in total.